The molecule has 12 rings (SSSR count). The third-order valence-corrected chi connectivity index (χ3v) is 18.0. The number of anilines is 1. The van der Waals surface area contributed by atoms with Gasteiger partial charge in [0.2, 0.25) is 17.7 Å². The number of carbonyl (C=O) groups excluding carboxylic acids is 5. The molecule has 2 atom stereocenters. The summed E-state index contributed by atoms with van der Waals surface area (Å²) < 4.78 is 2.14. The molecule has 17 heteroatoms. The Bertz CT molecular complexity index is 3520. The zero-order valence-corrected chi connectivity index (χ0v) is 51.6. The first-order valence-corrected chi connectivity index (χ1v) is 31.8. The molecule has 1 aliphatic carbocycles. The lowest BCUT2D eigenvalue weighted by Crippen LogP contribution is -2.40. The highest BCUT2D eigenvalue weighted by Crippen LogP contribution is 2.38. The average molecular weight is 1190 g/mol. The first-order chi connectivity index (χ1) is 42.9. The number of nitrogens with one attached hydrogen (secondary N) is 1. The molecule has 3 aliphatic heterocycles. The maximum Gasteiger partial charge on any atom is 0.222 e. The first-order valence-electron chi connectivity index (χ1n) is 31.8. The van der Waals surface area contributed by atoms with Crippen molar-refractivity contribution in [1.29, 1.82) is 0 Å². The fourth-order valence-corrected chi connectivity index (χ4v) is 12.8. The highest BCUT2D eigenvalue weighted by Gasteiger charge is 2.31. The summed E-state index contributed by atoms with van der Waals surface area (Å²) in [6, 6.07) is 28.4. The number of aryl methyl sites for hydroxylation is 1. The van der Waals surface area contributed by atoms with Gasteiger partial charge in [-0.2, -0.15) is 0 Å². The molecule has 8 aromatic rings. The second-order valence-electron chi connectivity index (χ2n) is 23.6. The minimum atomic E-state index is 0.0371. The number of pyridine rings is 4. The number of Topliss-reactive ketones (excluding diaryl/α,β-unsaturated/α-hetero) is 2. The molecule has 460 valence electrons. The third kappa shape index (κ3) is 16.7. The molecule has 3 N–H and O–H groups in total. The predicted octanol–water partition coefficient (Wildman–Crippen LogP) is 12.5. The van der Waals surface area contributed by atoms with Gasteiger partial charge in [-0.1, -0.05) is 64.3 Å². The number of piperidine rings is 3. The number of amides is 3. The number of rotatable bonds is 14. The summed E-state index contributed by atoms with van der Waals surface area (Å²) in [5.74, 6) is 2.25. The van der Waals surface area contributed by atoms with Crippen molar-refractivity contribution in [3.63, 3.8) is 0 Å². The molecule has 3 saturated heterocycles. The summed E-state index contributed by atoms with van der Waals surface area (Å²) >= 11 is 0. The normalized spacial score (nSPS) is 16.6. The second kappa shape index (κ2) is 31.9. The molecule has 6 aromatic heterocycles. The van der Waals surface area contributed by atoms with Crippen LogP contribution < -0.4 is 11.1 Å². The van der Waals surface area contributed by atoms with Crippen LogP contribution in [0.3, 0.4) is 0 Å². The molecule has 0 bridgehead atoms. The van der Waals surface area contributed by atoms with Gasteiger partial charge in [0.1, 0.15) is 0 Å². The van der Waals surface area contributed by atoms with E-state index in [9.17, 15) is 24.0 Å². The number of hydrogen-bond donors (Lipinski definition) is 2. The van der Waals surface area contributed by atoms with E-state index in [0.717, 1.165) is 122 Å². The van der Waals surface area contributed by atoms with E-state index in [4.69, 9.17) is 10.7 Å². The van der Waals surface area contributed by atoms with Gasteiger partial charge in [0.15, 0.2) is 11.6 Å². The molecule has 3 amide bonds. The largest absolute Gasteiger partial charge is 0.378 e. The van der Waals surface area contributed by atoms with Crippen LogP contribution >= 0.6 is 0 Å². The first kappa shape index (κ1) is 63.9. The van der Waals surface area contributed by atoms with Gasteiger partial charge in [0, 0.05) is 180 Å². The van der Waals surface area contributed by atoms with E-state index in [1.165, 1.54) is 30.2 Å². The van der Waals surface area contributed by atoms with E-state index in [1.54, 1.807) is 55.5 Å². The monoisotopic (exact) mass is 1190 g/mol. The van der Waals surface area contributed by atoms with Crippen molar-refractivity contribution >= 4 is 56.9 Å². The second-order valence-corrected chi connectivity index (χ2v) is 23.6. The van der Waals surface area contributed by atoms with Crippen LogP contribution in [0.2, 0.25) is 0 Å². The number of nitrogens with zero attached hydrogens (tertiary/aromatic N) is 10. The van der Waals surface area contributed by atoms with Crippen LogP contribution in [0, 0.1) is 23.7 Å². The highest BCUT2D eigenvalue weighted by atomic mass is 16.2. The fraction of sp³-hybridized carbons (Fsp3) is 0.423. The summed E-state index contributed by atoms with van der Waals surface area (Å²) in [4.78, 5) is 91.2. The quantitative estimate of drug-likeness (QED) is 0.0970. The van der Waals surface area contributed by atoms with Crippen molar-refractivity contribution in [2.75, 3.05) is 44.6 Å². The fourth-order valence-electron chi connectivity index (χ4n) is 12.8. The zero-order valence-electron chi connectivity index (χ0n) is 51.6. The van der Waals surface area contributed by atoms with E-state index >= 15 is 0 Å². The number of ketones is 2. The minimum Gasteiger partial charge on any atom is -0.378 e. The molecule has 2 aromatic carbocycles. The van der Waals surface area contributed by atoms with Gasteiger partial charge in [0.05, 0.1) is 17.1 Å². The minimum absolute atomic E-state index is 0.0371. The van der Waals surface area contributed by atoms with E-state index in [1.807, 2.05) is 84.4 Å². The van der Waals surface area contributed by atoms with Crippen molar-refractivity contribution in [3.8, 4) is 11.1 Å². The van der Waals surface area contributed by atoms with Gasteiger partial charge < -0.3 is 30.3 Å². The SMILES string of the molecule is CCC(=O)N1CCC(C(=O)c2cccnc2)CC1.CCC(=O)N1CCC(C(N)c2cccnc2)CC1.CCC(=O)N1CCC(C(Nc2cc(-c3ccc4ccn(C)c4c3)c3nccnc3c2)c2cccnc2)CC1.O=C(c1cccnc1)C1CCCCC1. The summed E-state index contributed by atoms with van der Waals surface area (Å²) in [5.41, 5.74) is 16.1. The van der Waals surface area contributed by atoms with Gasteiger partial charge in [0.25, 0.3) is 0 Å². The molecule has 17 nitrogen and oxygen atoms in total. The molecular formula is C71H86N12O5. The Morgan fingerprint density at radius 1 is 0.534 bits per heavy atom. The van der Waals surface area contributed by atoms with Crippen molar-refractivity contribution in [1.82, 2.24) is 49.2 Å². The number of likely N-dealkylation sites (tertiary alicyclic amines) is 3. The molecule has 9 heterocycles. The third-order valence-electron chi connectivity index (χ3n) is 18.0. The Kier molecular flexibility index (Phi) is 23.2. The average Bonchev–Trinajstić information content (AvgIpc) is 2.45. The molecule has 0 spiro atoms. The number of aromatic nitrogens is 7. The van der Waals surface area contributed by atoms with Crippen LogP contribution in [0.15, 0.2) is 153 Å². The van der Waals surface area contributed by atoms with Crippen LogP contribution in [0.25, 0.3) is 33.1 Å². The summed E-state index contributed by atoms with van der Waals surface area (Å²) in [5, 5.41) is 5.07. The van der Waals surface area contributed by atoms with Crippen molar-refractivity contribution in [2.24, 2.45) is 36.5 Å². The molecule has 4 fully saturated rings. The Hall–Kier alpha value is -8.57. The smallest absolute Gasteiger partial charge is 0.222 e. The number of fused-ring (bicyclic) bond motifs is 2. The standard InChI is InChI=1S/C31H32N6O.C14H21N3O.C14H18N2O2.C12H15NO/c1-3-29(38)37-15-9-22(10-16-37)30(24-5-4-11-32-20-24)35-25-18-26(31-27(19-25)33-12-13-34-31)23-7-6-21-8-14-36(2)28(21)17-23;1-2-13(18)17-8-5-11(6-9-17)14(15)12-4-3-7-16-10-12;1-2-13(17)16-8-5-11(6-9-16)14(18)12-4-3-7-15-10-12;14-12(10-5-2-1-3-6-10)11-7-4-8-13-9-11/h4-8,11-14,17-20,22,30,35H,3,9-10,15-16H2,1-2H3;3-4,7,10-11,14H,2,5-6,8-9,15H2,1H3;3-4,7,10-11H,2,5-6,8-9H2,1H3;4,7-10H,1-3,5-6H2. The van der Waals surface area contributed by atoms with E-state index in [0.29, 0.717) is 49.8 Å². The van der Waals surface area contributed by atoms with Crippen LogP contribution in [-0.4, -0.2) is 118 Å². The lowest BCUT2D eigenvalue weighted by Gasteiger charge is -2.37. The van der Waals surface area contributed by atoms with Gasteiger partial charge in [-0.25, -0.2) is 0 Å². The predicted molar refractivity (Wildman–Crippen MR) is 346 cm³/mol. The number of carbonyl (C=O) groups is 5. The van der Waals surface area contributed by atoms with Gasteiger partial charge in [-0.05, 0) is 146 Å². The van der Waals surface area contributed by atoms with Gasteiger partial charge >= 0.3 is 0 Å². The zero-order chi connectivity index (χ0) is 61.8. The highest BCUT2D eigenvalue weighted by molar-refractivity contribution is 5.99. The van der Waals surface area contributed by atoms with Crippen LogP contribution in [-0.2, 0) is 21.4 Å². The van der Waals surface area contributed by atoms with Gasteiger partial charge in [-0.3, -0.25) is 53.9 Å². The number of benzene rings is 2. The summed E-state index contributed by atoms with van der Waals surface area (Å²) in [7, 11) is 2.07. The van der Waals surface area contributed by atoms with Crippen LogP contribution in [0.5, 0.6) is 0 Å². The van der Waals surface area contributed by atoms with Gasteiger partial charge in [-0.15, -0.1) is 0 Å². The molecule has 88 heavy (non-hydrogen) atoms. The Balaban J connectivity index is 0.000000154. The van der Waals surface area contributed by atoms with Crippen molar-refractivity contribution < 1.29 is 24.0 Å². The van der Waals surface area contributed by atoms with E-state index in [-0.39, 0.29) is 53.2 Å². The maximum absolute atomic E-state index is 12.3. The van der Waals surface area contributed by atoms with E-state index < -0.39 is 0 Å². The lowest BCUT2D eigenvalue weighted by molar-refractivity contribution is -0.133. The lowest BCUT2D eigenvalue weighted by atomic mass is 9.84. The molecule has 1 saturated carbocycles. The summed E-state index contributed by atoms with van der Waals surface area (Å²) in [6.45, 7) is 10.4. The maximum atomic E-state index is 12.3. The molecule has 2 unspecified atom stereocenters. The van der Waals surface area contributed by atoms with Crippen LogP contribution in [0.1, 0.15) is 155 Å². The number of hydrogen-bond acceptors (Lipinski definition) is 13. The Morgan fingerprint density at radius 3 is 1.56 bits per heavy atom. The Labute approximate surface area is 518 Å². The Morgan fingerprint density at radius 2 is 1.03 bits per heavy atom. The molecular weight excluding hydrogens is 1100 g/mol. The molecule has 0 radical (unpaired) electrons. The van der Waals surface area contributed by atoms with Crippen molar-refractivity contribution in [2.45, 2.75) is 123 Å². The van der Waals surface area contributed by atoms with E-state index in [2.05, 4.69) is 90.5 Å². The molecule has 4 aliphatic rings. The van der Waals surface area contributed by atoms with Crippen molar-refractivity contribution in [3.05, 3.63) is 175 Å². The summed E-state index contributed by atoms with van der Waals surface area (Å²) in [6.07, 6.45) is 32.5. The number of nitrogens with two attached hydrogens (primary N) is 1. The topological polar surface area (TPSA) is 215 Å². The van der Waals surface area contributed by atoms with Crippen LogP contribution in [0.4, 0.5) is 5.69 Å².